The lowest BCUT2D eigenvalue weighted by Crippen LogP contribution is -2.55. The van der Waals surface area contributed by atoms with Gasteiger partial charge in [-0.25, -0.2) is 4.79 Å². The van der Waals surface area contributed by atoms with Crippen LogP contribution in [0.4, 0.5) is 0 Å². The van der Waals surface area contributed by atoms with E-state index < -0.39 is 18.1 Å². The highest BCUT2D eigenvalue weighted by Crippen LogP contribution is 2.35. The van der Waals surface area contributed by atoms with Gasteiger partial charge >= 0.3 is 5.97 Å². The van der Waals surface area contributed by atoms with Gasteiger partial charge in [-0.05, 0) is 43.7 Å². The molecular weight excluding hydrogens is 392 g/mol. The van der Waals surface area contributed by atoms with E-state index in [1.807, 2.05) is 17.5 Å². The van der Waals surface area contributed by atoms with E-state index in [9.17, 15) is 19.5 Å². The van der Waals surface area contributed by atoms with Crippen LogP contribution in [0.25, 0.3) is 6.08 Å². The van der Waals surface area contributed by atoms with Gasteiger partial charge in [0.15, 0.2) is 0 Å². The Balaban J connectivity index is 1.79. The van der Waals surface area contributed by atoms with Gasteiger partial charge in [-0.1, -0.05) is 30.0 Å². The summed E-state index contributed by atoms with van der Waals surface area (Å²) >= 11 is 7.99. The summed E-state index contributed by atoms with van der Waals surface area (Å²) in [6.45, 7) is 1.99. The molecule has 0 radical (unpaired) electrons. The molecule has 2 aliphatic rings. The Kier molecular flexibility index (Phi) is 5.79. The van der Waals surface area contributed by atoms with Crippen LogP contribution >= 0.6 is 35.3 Å². The number of amides is 2. The van der Waals surface area contributed by atoms with E-state index in [2.05, 4.69) is 0 Å². The fourth-order valence-corrected chi connectivity index (χ4v) is 5.26. The van der Waals surface area contributed by atoms with Gasteiger partial charge in [0.1, 0.15) is 16.4 Å². The minimum atomic E-state index is -1.01. The lowest BCUT2D eigenvalue weighted by atomic mass is 10.0. The first-order chi connectivity index (χ1) is 12.4. The summed E-state index contributed by atoms with van der Waals surface area (Å²) in [5.41, 5.74) is 0. The number of piperidine rings is 1. The zero-order valence-corrected chi connectivity index (χ0v) is 16.5. The van der Waals surface area contributed by atoms with Crippen LogP contribution in [-0.2, 0) is 14.4 Å². The van der Waals surface area contributed by atoms with Crippen LogP contribution in [0.2, 0.25) is 0 Å². The molecule has 2 aliphatic heterocycles. The molecular formula is C17H18N2O4S3. The number of carboxylic acids is 1. The van der Waals surface area contributed by atoms with Crippen LogP contribution in [-0.4, -0.2) is 55.6 Å². The number of thiophene rings is 1. The van der Waals surface area contributed by atoms with E-state index in [4.69, 9.17) is 12.2 Å². The van der Waals surface area contributed by atoms with E-state index >= 15 is 0 Å². The van der Waals surface area contributed by atoms with Gasteiger partial charge in [-0.15, -0.1) is 11.3 Å². The van der Waals surface area contributed by atoms with Gasteiger partial charge in [-0.3, -0.25) is 14.5 Å². The molecule has 1 N–H and O–H groups in total. The predicted molar refractivity (Wildman–Crippen MR) is 106 cm³/mol. The third kappa shape index (κ3) is 3.70. The number of likely N-dealkylation sites (tertiary alicyclic amines) is 1. The molecule has 9 heteroatoms. The molecule has 3 heterocycles. The molecule has 1 aromatic heterocycles. The smallest absolute Gasteiger partial charge is 0.326 e. The third-order valence-corrected chi connectivity index (χ3v) is 6.61. The van der Waals surface area contributed by atoms with Crippen molar-refractivity contribution in [3.05, 3.63) is 27.3 Å². The SMILES string of the molecule is C[C@H](C(=O)N1CCCC[C@@H]1C(=O)O)N1C(=O)/C(=C/c2cccs2)SC1=S. The van der Waals surface area contributed by atoms with Crippen molar-refractivity contribution in [2.75, 3.05) is 6.54 Å². The molecule has 0 aromatic carbocycles. The Hall–Kier alpha value is -1.71. The normalized spacial score (nSPS) is 23.6. The molecule has 6 nitrogen and oxygen atoms in total. The van der Waals surface area contributed by atoms with Crippen molar-refractivity contribution in [3.63, 3.8) is 0 Å². The Morgan fingerprint density at radius 3 is 2.85 bits per heavy atom. The van der Waals surface area contributed by atoms with Gasteiger partial charge < -0.3 is 10.0 Å². The Labute approximate surface area is 164 Å². The molecule has 0 spiro atoms. The molecule has 2 fully saturated rings. The number of aliphatic carboxylic acids is 1. The number of rotatable bonds is 4. The molecule has 0 unspecified atom stereocenters. The van der Waals surface area contributed by atoms with Crippen molar-refractivity contribution in [1.29, 1.82) is 0 Å². The first-order valence-electron chi connectivity index (χ1n) is 8.24. The number of thioether (sulfide) groups is 1. The highest BCUT2D eigenvalue weighted by molar-refractivity contribution is 8.26. The molecule has 0 saturated carbocycles. The molecule has 1 aromatic rings. The number of hydrogen-bond donors (Lipinski definition) is 1. The highest BCUT2D eigenvalue weighted by Gasteiger charge is 2.42. The van der Waals surface area contributed by atoms with Gasteiger partial charge in [0.2, 0.25) is 5.91 Å². The topological polar surface area (TPSA) is 77.9 Å². The van der Waals surface area contributed by atoms with E-state index in [0.29, 0.717) is 22.2 Å². The summed E-state index contributed by atoms with van der Waals surface area (Å²) in [4.78, 5) is 41.2. The maximum Gasteiger partial charge on any atom is 0.326 e. The van der Waals surface area contributed by atoms with Crippen molar-refractivity contribution < 1.29 is 19.5 Å². The largest absolute Gasteiger partial charge is 0.480 e. The predicted octanol–water partition coefficient (Wildman–Crippen LogP) is 2.80. The molecule has 0 bridgehead atoms. The van der Waals surface area contributed by atoms with Crippen LogP contribution in [0.1, 0.15) is 31.1 Å². The van der Waals surface area contributed by atoms with Gasteiger partial charge in [-0.2, -0.15) is 0 Å². The fourth-order valence-electron chi connectivity index (χ4n) is 3.12. The molecule has 26 heavy (non-hydrogen) atoms. The molecule has 3 rings (SSSR count). The molecule has 138 valence electrons. The zero-order valence-electron chi connectivity index (χ0n) is 14.1. The maximum absolute atomic E-state index is 12.9. The summed E-state index contributed by atoms with van der Waals surface area (Å²) in [6.07, 6.45) is 3.74. The molecule has 2 atom stereocenters. The highest BCUT2D eigenvalue weighted by atomic mass is 32.2. The van der Waals surface area contributed by atoms with Crippen LogP contribution in [0.3, 0.4) is 0 Å². The first kappa shape index (κ1) is 19.1. The number of hydrogen-bond acceptors (Lipinski definition) is 6. The minimum Gasteiger partial charge on any atom is -0.480 e. The second-order valence-corrected chi connectivity index (χ2v) is 8.78. The number of carbonyl (C=O) groups excluding carboxylic acids is 2. The Morgan fingerprint density at radius 2 is 2.19 bits per heavy atom. The zero-order chi connectivity index (χ0) is 18.8. The molecule has 0 aliphatic carbocycles. The molecule has 2 saturated heterocycles. The van der Waals surface area contributed by atoms with Crippen molar-refractivity contribution in [2.45, 2.75) is 38.3 Å². The monoisotopic (exact) mass is 410 g/mol. The van der Waals surface area contributed by atoms with Gasteiger partial charge in [0.25, 0.3) is 5.91 Å². The second kappa shape index (κ2) is 7.89. The van der Waals surface area contributed by atoms with E-state index in [0.717, 1.165) is 17.7 Å². The van der Waals surface area contributed by atoms with E-state index in [1.54, 1.807) is 13.0 Å². The molecule has 2 amide bonds. The minimum absolute atomic E-state index is 0.307. The maximum atomic E-state index is 12.9. The summed E-state index contributed by atoms with van der Waals surface area (Å²) in [7, 11) is 0. The van der Waals surface area contributed by atoms with Crippen LogP contribution in [0.5, 0.6) is 0 Å². The Morgan fingerprint density at radius 1 is 1.42 bits per heavy atom. The second-order valence-electron chi connectivity index (χ2n) is 6.12. The average Bonchev–Trinajstić information content (AvgIpc) is 3.22. The summed E-state index contributed by atoms with van der Waals surface area (Å²) in [6, 6.07) is 2.14. The number of carboxylic acid groups (broad SMARTS) is 1. The van der Waals surface area contributed by atoms with Crippen molar-refractivity contribution >= 4 is 63.5 Å². The van der Waals surface area contributed by atoms with Crippen molar-refractivity contribution in [2.24, 2.45) is 0 Å². The van der Waals surface area contributed by atoms with Crippen LogP contribution in [0.15, 0.2) is 22.4 Å². The van der Waals surface area contributed by atoms with E-state index in [-0.39, 0.29) is 11.8 Å². The standard InChI is InChI=1S/C17H18N2O4S3/c1-10(14(20)18-7-3-2-6-12(18)16(22)23)19-15(21)13(26-17(19)24)9-11-5-4-8-25-11/h4-5,8-10,12H,2-3,6-7H2,1H3,(H,22,23)/b13-9-/t10-,12-/m1/s1. The number of nitrogens with zero attached hydrogens (tertiary/aromatic N) is 2. The van der Waals surface area contributed by atoms with Crippen molar-refractivity contribution in [3.8, 4) is 0 Å². The van der Waals surface area contributed by atoms with Crippen LogP contribution in [0, 0.1) is 0 Å². The number of thiocarbonyl (C=S) groups is 1. The fraction of sp³-hybridized carbons (Fsp3) is 0.412. The average molecular weight is 411 g/mol. The number of carbonyl (C=O) groups is 3. The lowest BCUT2D eigenvalue weighted by molar-refractivity contribution is -0.154. The van der Waals surface area contributed by atoms with Gasteiger partial charge in [0.05, 0.1) is 4.91 Å². The van der Waals surface area contributed by atoms with Gasteiger partial charge in [0, 0.05) is 11.4 Å². The third-order valence-electron chi connectivity index (χ3n) is 4.46. The first-order valence-corrected chi connectivity index (χ1v) is 10.3. The summed E-state index contributed by atoms with van der Waals surface area (Å²) in [5.74, 6) is -1.68. The van der Waals surface area contributed by atoms with E-state index in [1.165, 1.54) is 32.9 Å². The van der Waals surface area contributed by atoms with Crippen LogP contribution < -0.4 is 0 Å². The Bertz CT molecular complexity index is 775. The quantitative estimate of drug-likeness (QED) is 0.608. The summed E-state index contributed by atoms with van der Waals surface area (Å²) < 4.78 is 0.322. The summed E-state index contributed by atoms with van der Waals surface area (Å²) in [5, 5.41) is 11.3. The van der Waals surface area contributed by atoms with Crippen molar-refractivity contribution in [1.82, 2.24) is 9.80 Å². The lowest BCUT2D eigenvalue weighted by Gasteiger charge is -2.36.